The molecule has 0 bridgehead atoms. The summed E-state index contributed by atoms with van der Waals surface area (Å²) in [6.07, 6.45) is 0. The van der Waals surface area contributed by atoms with Crippen LogP contribution >= 0.6 is 11.6 Å². The number of aromatic nitrogens is 3. The van der Waals surface area contributed by atoms with Crippen LogP contribution in [0, 0.1) is 6.92 Å². The van der Waals surface area contributed by atoms with Gasteiger partial charge in [-0.1, -0.05) is 22.9 Å². The molecule has 1 heterocycles. The first-order valence-corrected chi connectivity index (χ1v) is 5.94. The predicted octanol–water partition coefficient (Wildman–Crippen LogP) is 1.83. The Kier molecular flexibility index (Phi) is 3.96. The average molecular weight is 267 g/mol. The second-order valence-electron chi connectivity index (χ2n) is 3.92. The van der Waals surface area contributed by atoms with Gasteiger partial charge < -0.3 is 10.5 Å². The summed E-state index contributed by atoms with van der Waals surface area (Å²) in [6.45, 7) is 2.68. The molecular weight excluding hydrogens is 252 g/mol. The van der Waals surface area contributed by atoms with Crippen molar-refractivity contribution >= 4 is 11.6 Å². The molecule has 0 unspecified atom stereocenters. The lowest BCUT2D eigenvalue weighted by molar-refractivity contribution is 0.178. The van der Waals surface area contributed by atoms with Gasteiger partial charge >= 0.3 is 0 Å². The van der Waals surface area contributed by atoms with E-state index >= 15 is 0 Å². The molecule has 0 aliphatic carbocycles. The summed E-state index contributed by atoms with van der Waals surface area (Å²) < 4.78 is 6.90. The zero-order chi connectivity index (χ0) is 13.1. The highest BCUT2D eigenvalue weighted by molar-refractivity contribution is 6.31. The van der Waals surface area contributed by atoms with Gasteiger partial charge in [-0.25, -0.2) is 4.68 Å². The third kappa shape index (κ3) is 2.25. The fourth-order valence-electron chi connectivity index (χ4n) is 1.79. The molecule has 0 aliphatic heterocycles. The minimum atomic E-state index is 0.332. The third-order valence-corrected chi connectivity index (χ3v) is 3.19. The van der Waals surface area contributed by atoms with Gasteiger partial charge in [-0.2, -0.15) is 0 Å². The van der Waals surface area contributed by atoms with Gasteiger partial charge in [-0.3, -0.25) is 0 Å². The van der Waals surface area contributed by atoms with Crippen LogP contribution in [-0.4, -0.2) is 22.1 Å². The Balaban J connectivity index is 2.56. The number of methoxy groups -OCH3 is 1. The smallest absolute Gasteiger partial charge is 0.102 e. The average Bonchev–Trinajstić information content (AvgIpc) is 2.76. The maximum atomic E-state index is 6.12. The van der Waals surface area contributed by atoms with E-state index in [9.17, 15) is 0 Å². The molecule has 18 heavy (non-hydrogen) atoms. The van der Waals surface area contributed by atoms with E-state index in [-0.39, 0.29) is 0 Å². The normalized spacial score (nSPS) is 10.9. The Bertz CT molecular complexity index is 553. The standard InChI is InChI=1S/C12H15ClN4O/c1-8-9(13)4-3-5-11(8)17-12(7-18-2)10(6-14)15-16-17/h3-5H,6-7,14H2,1-2H3. The lowest BCUT2D eigenvalue weighted by atomic mass is 10.2. The fourth-order valence-corrected chi connectivity index (χ4v) is 1.96. The molecule has 0 atom stereocenters. The van der Waals surface area contributed by atoms with Gasteiger partial charge in [0.15, 0.2) is 0 Å². The number of nitrogens with two attached hydrogens (primary N) is 1. The number of rotatable bonds is 4. The van der Waals surface area contributed by atoms with Crippen molar-refractivity contribution in [3.8, 4) is 5.69 Å². The van der Waals surface area contributed by atoms with E-state index in [0.717, 1.165) is 22.6 Å². The molecule has 0 radical (unpaired) electrons. The zero-order valence-corrected chi connectivity index (χ0v) is 11.1. The maximum absolute atomic E-state index is 6.12. The second kappa shape index (κ2) is 5.48. The number of ether oxygens (including phenoxy) is 1. The SMILES string of the molecule is COCc1c(CN)nnn1-c1cccc(Cl)c1C. The van der Waals surface area contributed by atoms with Crippen LogP contribution in [0.3, 0.4) is 0 Å². The maximum Gasteiger partial charge on any atom is 0.102 e. The number of hydrogen-bond acceptors (Lipinski definition) is 4. The quantitative estimate of drug-likeness (QED) is 0.917. The van der Waals surface area contributed by atoms with E-state index in [1.54, 1.807) is 11.8 Å². The monoisotopic (exact) mass is 266 g/mol. The topological polar surface area (TPSA) is 66.0 Å². The van der Waals surface area contributed by atoms with Crippen LogP contribution in [0.1, 0.15) is 17.0 Å². The Morgan fingerprint density at radius 2 is 2.22 bits per heavy atom. The van der Waals surface area contributed by atoms with Crippen LogP contribution in [0.25, 0.3) is 5.69 Å². The molecule has 2 aromatic rings. The molecule has 0 spiro atoms. The lowest BCUT2D eigenvalue weighted by Gasteiger charge is -2.10. The Morgan fingerprint density at radius 3 is 2.89 bits per heavy atom. The lowest BCUT2D eigenvalue weighted by Crippen LogP contribution is -2.08. The van der Waals surface area contributed by atoms with E-state index in [1.165, 1.54) is 0 Å². The van der Waals surface area contributed by atoms with Crippen molar-refractivity contribution in [3.05, 3.63) is 40.2 Å². The first kappa shape index (κ1) is 13.0. The van der Waals surface area contributed by atoms with Gasteiger partial charge in [0.2, 0.25) is 0 Å². The van der Waals surface area contributed by atoms with Crippen molar-refractivity contribution in [1.82, 2.24) is 15.0 Å². The minimum Gasteiger partial charge on any atom is -0.378 e. The zero-order valence-electron chi connectivity index (χ0n) is 10.4. The molecule has 0 fully saturated rings. The third-order valence-electron chi connectivity index (χ3n) is 2.79. The summed E-state index contributed by atoms with van der Waals surface area (Å²) in [4.78, 5) is 0. The van der Waals surface area contributed by atoms with E-state index in [1.807, 2.05) is 25.1 Å². The largest absolute Gasteiger partial charge is 0.378 e. The number of nitrogens with zero attached hydrogens (tertiary/aromatic N) is 3. The summed E-state index contributed by atoms with van der Waals surface area (Å²) >= 11 is 6.12. The van der Waals surface area contributed by atoms with Crippen LogP contribution in [0.5, 0.6) is 0 Å². The Hall–Kier alpha value is -1.43. The van der Waals surface area contributed by atoms with Crippen molar-refractivity contribution in [2.45, 2.75) is 20.1 Å². The van der Waals surface area contributed by atoms with Crippen LogP contribution in [0.2, 0.25) is 5.02 Å². The first-order valence-electron chi connectivity index (χ1n) is 5.57. The van der Waals surface area contributed by atoms with Crippen molar-refractivity contribution < 1.29 is 4.74 Å². The molecule has 0 amide bonds. The molecule has 5 nitrogen and oxygen atoms in total. The van der Waals surface area contributed by atoms with E-state index in [4.69, 9.17) is 22.1 Å². The number of hydrogen-bond donors (Lipinski definition) is 1. The van der Waals surface area contributed by atoms with Crippen molar-refractivity contribution in [2.24, 2.45) is 5.73 Å². The minimum absolute atomic E-state index is 0.332. The van der Waals surface area contributed by atoms with E-state index in [2.05, 4.69) is 10.3 Å². The summed E-state index contributed by atoms with van der Waals surface area (Å²) in [5.74, 6) is 0. The summed E-state index contributed by atoms with van der Waals surface area (Å²) in [7, 11) is 1.63. The molecule has 96 valence electrons. The molecule has 0 saturated heterocycles. The van der Waals surface area contributed by atoms with Crippen LogP contribution in [0.15, 0.2) is 18.2 Å². The molecule has 2 N–H and O–H groups in total. The summed E-state index contributed by atoms with van der Waals surface area (Å²) in [6, 6.07) is 5.66. The Morgan fingerprint density at radius 1 is 1.44 bits per heavy atom. The van der Waals surface area contributed by atoms with E-state index < -0.39 is 0 Å². The molecule has 1 aromatic heterocycles. The first-order chi connectivity index (χ1) is 8.69. The summed E-state index contributed by atoms with van der Waals surface area (Å²) in [5, 5.41) is 8.89. The van der Waals surface area contributed by atoms with Gasteiger partial charge in [0, 0.05) is 18.7 Å². The van der Waals surface area contributed by atoms with E-state index in [0.29, 0.717) is 18.2 Å². The molecule has 1 aromatic carbocycles. The molecule has 6 heteroatoms. The molecule has 0 aliphatic rings. The highest BCUT2D eigenvalue weighted by Crippen LogP contribution is 2.23. The number of benzene rings is 1. The van der Waals surface area contributed by atoms with Crippen LogP contribution in [-0.2, 0) is 17.9 Å². The van der Waals surface area contributed by atoms with Crippen molar-refractivity contribution in [3.63, 3.8) is 0 Å². The van der Waals surface area contributed by atoms with Crippen LogP contribution < -0.4 is 5.73 Å². The second-order valence-corrected chi connectivity index (χ2v) is 4.32. The van der Waals surface area contributed by atoms with Crippen molar-refractivity contribution in [2.75, 3.05) is 7.11 Å². The predicted molar refractivity (Wildman–Crippen MR) is 69.7 cm³/mol. The van der Waals surface area contributed by atoms with Gasteiger partial charge in [0.05, 0.1) is 18.0 Å². The number of halogens is 1. The molecule has 0 saturated carbocycles. The highest BCUT2D eigenvalue weighted by atomic mass is 35.5. The van der Waals surface area contributed by atoms with Gasteiger partial charge in [-0.05, 0) is 24.6 Å². The van der Waals surface area contributed by atoms with Gasteiger partial charge in [0.1, 0.15) is 5.69 Å². The molecular formula is C12H15ClN4O. The molecule has 2 rings (SSSR count). The Labute approximate surface area is 111 Å². The fraction of sp³-hybridized carbons (Fsp3) is 0.333. The van der Waals surface area contributed by atoms with Crippen molar-refractivity contribution in [1.29, 1.82) is 0 Å². The van der Waals surface area contributed by atoms with Gasteiger partial charge in [0.25, 0.3) is 0 Å². The van der Waals surface area contributed by atoms with Gasteiger partial charge in [-0.15, -0.1) is 5.10 Å². The highest BCUT2D eigenvalue weighted by Gasteiger charge is 2.15. The van der Waals surface area contributed by atoms with Crippen LogP contribution in [0.4, 0.5) is 0 Å². The summed E-state index contributed by atoms with van der Waals surface area (Å²) in [5.41, 5.74) is 9.07.